The van der Waals surface area contributed by atoms with Gasteiger partial charge in [0.25, 0.3) is 0 Å². The molecule has 2 atom stereocenters. The highest BCUT2D eigenvalue weighted by Crippen LogP contribution is 2.34. The summed E-state index contributed by atoms with van der Waals surface area (Å²) in [6.45, 7) is 9.90. The van der Waals surface area contributed by atoms with E-state index in [1.807, 2.05) is 0 Å². The number of hydrogen-bond acceptors (Lipinski definition) is 4. The van der Waals surface area contributed by atoms with Crippen molar-refractivity contribution >= 4 is 17.7 Å². The third-order valence-electron chi connectivity index (χ3n) is 5.73. The number of aryl methyl sites for hydroxylation is 1. The molecule has 2 fully saturated rings. The summed E-state index contributed by atoms with van der Waals surface area (Å²) in [5.74, 6) is 3.37. The molecule has 0 bridgehead atoms. The van der Waals surface area contributed by atoms with Crippen molar-refractivity contribution < 1.29 is 4.74 Å². The predicted octanol–water partition coefficient (Wildman–Crippen LogP) is 2.77. The minimum atomic E-state index is 0.198. The van der Waals surface area contributed by atoms with E-state index in [2.05, 4.69) is 71.5 Å². The molecule has 2 N–H and O–H groups in total. The molecule has 2 unspecified atom stereocenters. The van der Waals surface area contributed by atoms with Gasteiger partial charge < -0.3 is 15.4 Å². The Morgan fingerprint density at radius 3 is 2.75 bits per heavy atom. The van der Waals surface area contributed by atoms with E-state index in [1.165, 1.54) is 23.5 Å². The van der Waals surface area contributed by atoms with Crippen molar-refractivity contribution in [2.45, 2.75) is 44.7 Å². The van der Waals surface area contributed by atoms with Gasteiger partial charge in [-0.15, -0.1) is 0 Å². The largest absolute Gasteiger partial charge is 0.379 e. The van der Waals surface area contributed by atoms with Crippen LogP contribution in [-0.2, 0) is 11.2 Å². The Bertz CT molecular complexity index is 598. The van der Waals surface area contributed by atoms with Crippen LogP contribution in [0.4, 0.5) is 0 Å². The van der Waals surface area contributed by atoms with Crippen molar-refractivity contribution in [3.63, 3.8) is 0 Å². The summed E-state index contributed by atoms with van der Waals surface area (Å²) >= 11 is 2.07. The Labute approximate surface area is 174 Å². The van der Waals surface area contributed by atoms with Gasteiger partial charge in [-0.25, -0.2) is 0 Å². The molecule has 0 radical (unpaired) electrons. The lowest BCUT2D eigenvalue weighted by atomic mass is 9.96. The Kier molecular flexibility index (Phi) is 8.49. The van der Waals surface area contributed by atoms with Crippen LogP contribution in [0.1, 0.15) is 32.3 Å². The van der Waals surface area contributed by atoms with Crippen LogP contribution in [0.2, 0.25) is 0 Å². The Balaban J connectivity index is 1.57. The van der Waals surface area contributed by atoms with E-state index in [0.717, 1.165) is 58.2 Å². The third kappa shape index (κ3) is 6.13. The second-order valence-corrected chi connectivity index (χ2v) is 9.00. The van der Waals surface area contributed by atoms with Crippen molar-refractivity contribution in [3.05, 3.63) is 35.9 Å². The average Bonchev–Trinajstić information content (AvgIpc) is 3.22. The first-order valence-corrected chi connectivity index (χ1v) is 11.9. The minimum absolute atomic E-state index is 0.198. The van der Waals surface area contributed by atoms with Crippen LogP contribution in [-0.4, -0.2) is 73.3 Å². The molecule has 0 aromatic heterocycles. The number of rotatable bonds is 8. The topological polar surface area (TPSA) is 48.9 Å². The van der Waals surface area contributed by atoms with Gasteiger partial charge in [0.05, 0.1) is 25.3 Å². The van der Waals surface area contributed by atoms with Crippen LogP contribution >= 0.6 is 11.8 Å². The van der Waals surface area contributed by atoms with E-state index in [1.54, 1.807) is 0 Å². The smallest absolute Gasteiger partial charge is 0.191 e. The van der Waals surface area contributed by atoms with Crippen LogP contribution in [0.25, 0.3) is 0 Å². The van der Waals surface area contributed by atoms with Crippen molar-refractivity contribution in [1.29, 1.82) is 0 Å². The van der Waals surface area contributed by atoms with Crippen LogP contribution in [0, 0.1) is 0 Å². The zero-order valence-electron chi connectivity index (χ0n) is 17.5. The fraction of sp³-hybridized carbons (Fsp3) is 0.682. The number of nitrogens with zero attached hydrogens (tertiary/aromatic N) is 2. The summed E-state index contributed by atoms with van der Waals surface area (Å²) < 4.78 is 5.58. The van der Waals surface area contributed by atoms with Crippen molar-refractivity contribution in [2.24, 2.45) is 4.99 Å². The number of guanidine groups is 1. The number of thioether (sulfide) groups is 1. The first kappa shape index (κ1) is 21.5. The monoisotopic (exact) mass is 404 g/mol. The first-order valence-electron chi connectivity index (χ1n) is 10.7. The molecular formula is C22H36N4OS. The standard InChI is InChI=1S/C22H36N4OS/c1-3-23-21(25-19(2)9-10-20-7-5-4-6-8-20)24-17-22(11-16-28-18-22)26-12-14-27-15-13-26/h4-8,19H,3,9-18H2,1-2H3,(H2,23,24,25). The molecule has 2 saturated heterocycles. The normalized spacial score (nSPS) is 24.9. The van der Waals surface area contributed by atoms with Crippen LogP contribution in [0.3, 0.4) is 0 Å². The SMILES string of the molecule is CCNC(=NCC1(N2CCOCC2)CCSC1)NC(C)CCc1ccccc1. The van der Waals surface area contributed by atoms with Crippen LogP contribution in [0.15, 0.2) is 35.3 Å². The molecule has 0 saturated carbocycles. The highest BCUT2D eigenvalue weighted by atomic mass is 32.2. The summed E-state index contributed by atoms with van der Waals surface area (Å²) in [5, 5.41) is 7.07. The quantitative estimate of drug-likeness (QED) is 0.515. The molecule has 5 nitrogen and oxygen atoms in total. The lowest BCUT2D eigenvalue weighted by Gasteiger charge is -2.42. The third-order valence-corrected chi connectivity index (χ3v) is 6.97. The maximum Gasteiger partial charge on any atom is 0.191 e. The summed E-state index contributed by atoms with van der Waals surface area (Å²) in [5.41, 5.74) is 1.59. The zero-order valence-corrected chi connectivity index (χ0v) is 18.3. The molecule has 2 aliphatic rings. The summed E-state index contributed by atoms with van der Waals surface area (Å²) in [7, 11) is 0. The Morgan fingerprint density at radius 2 is 2.07 bits per heavy atom. The average molecular weight is 405 g/mol. The number of morpholine rings is 1. The molecule has 6 heteroatoms. The van der Waals surface area contributed by atoms with Gasteiger partial charge in [-0.1, -0.05) is 30.3 Å². The maximum absolute atomic E-state index is 5.58. The number of benzene rings is 1. The second-order valence-electron chi connectivity index (χ2n) is 7.89. The Hall–Kier alpha value is -1.24. The van der Waals surface area contributed by atoms with E-state index >= 15 is 0 Å². The lowest BCUT2D eigenvalue weighted by molar-refractivity contribution is -0.0104. The van der Waals surface area contributed by atoms with Gasteiger partial charge in [-0.3, -0.25) is 9.89 Å². The number of aliphatic imine (C=N–C) groups is 1. The van der Waals surface area contributed by atoms with Gasteiger partial charge in [-0.2, -0.15) is 11.8 Å². The molecule has 2 heterocycles. The lowest BCUT2D eigenvalue weighted by Crippen LogP contribution is -2.56. The number of ether oxygens (including phenoxy) is 1. The first-order chi connectivity index (χ1) is 13.7. The second kappa shape index (κ2) is 11.1. The number of hydrogen-bond donors (Lipinski definition) is 2. The molecule has 2 aliphatic heterocycles. The maximum atomic E-state index is 5.58. The molecule has 3 rings (SSSR count). The van der Waals surface area contributed by atoms with Crippen molar-refractivity contribution in [3.8, 4) is 0 Å². The summed E-state index contributed by atoms with van der Waals surface area (Å²) in [6, 6.07) is 11.1. The minimum Gasteiger partial charge on any atom is -0.379 e. The van der Waals surface area contributed by atoms with E-state index in [9.17, 15) is 0 Å². The molecule has 1 aromatic carbocycles. The van der Waals surface area contributed by atoms with Gasteiger partial charge in [-0.05, 0) is 44.4 Å². The molecule has 0 amide bonds. The summed E-state index contributed by atoms with van der Waals surface area (Å²) in [4.78, 5) is 7.66. The molecule has 0 spiro atoms. The van der Waals surface area contributed by atoms with Gasteiger partial charge in [0.2, 0.25) is 0 Å². The Morgan fingerprint density at radius 1 is 1.29 bits per heavy atom. The molecule has 1 aromatic rings. The highest BCUT2D eigenvalue weighted by molar-refractivity contribution is 7.99. The van der Waals surface area contributed by atoms with E-state index in [0.29, 0.717) is 6.04 Å². The fourth-order valence-electron chi connectivity index (χ4n) is 3.99. The van der Waals surface area contributed by atoms with E-state index in [-0.39, 0.29) is 5.54 Å². The van der Waals surface area contributed by atoms with Gasteiger partial charge in [0.1, 0.15) is 0 Å². The fourth-order valence-corrected chi connectivity index (χ4v) is 5.45. The van der Waals surface area contributed by atoms with Crippen molar-refractivity contribution in [2.75, 3.05) is 50.9 Å². The van der Waals surface area contributed by atoms with Crippen LogP contribution < -0.4 is 10.6 Å². The molecular weight excluding hydrogens is 368 g/mol. The number of nitrogens with one attached hydrogen (secondary N) is 2. The summed E-state index contributed by atoms with van der Waals surface area (Å²) in [6.07, 6.45) is 3.41. The van der Waals surface area contributed by atoms with E-state index in [4.69, 9.17) is 9.73 Å². The van der Waals surface area contributed by atoms with Crippen LogP contribution in [0.5, 0.6) is 0 Å². The van der Waals surface area contributed by atoms with Gasteiger partial charge in [0, 0.05) is 31.4 Å². The predicted molar refractivity (Wildman–Crippen MR) is 120 cm³/mol. The highest BCUT2D eigenvalue weighted by Gasteiger charge is 2.40. The molecule has 156 valence electrons. The molecule has 0 aliphatic carbocycles. The molecule has 28 heavy (non-hydrogen) atoms. The van der Waals surface area contributed by atoms with Gasteiger partial charge in [0.15, 0.2) is 5.96 Å². The van der Waals surface area contributed by atoms with E-state index < -0.39 is 0 Å². The van der Waals surface area contributed by atoms with Gasteiger partial charge >= 0.3 is 0 Å². The van der Waals surface area contributed by atoms with Crippen molar-refractivity contribution in [1.82, 2.24) is 15.5 Å². The zero-order chi connectivity index (χ0) is 19.7.